The zero-order valence-electron chi connectivity index (χ0n) is 31.2. The van der Waals surface area contributed by atoms with Gasteiger partial charge in [-0.1, -0.05) is 96.3 Å². The van der Waals surface area contributed by atoms with Gasteiger partial charge in [0.05, 0.1) is 0 Å². The first-order valence-corrected chi connectivity index (χ1v) is 25.9. The molecule has 5 rings (SSSR count). The Morgan fingerprint density at radius 2 is 1.39 bits per heavy atom. The minimum absolute atomic E-state index is 0. The first-order valence-electron chi connectivity index (χ1n) is 16.5. The van der Waals surface area contributed by atoms with Crippen molar-refractivity contribution < 1.29 is 138 Å². The smallest absolute Gasteiger partial charge is 0.339 e. The summed E-state index contributed by atoms with van der Waals surface area (Å²) in [7, 11) is 13.0. The SMILES string of the molecule is CCC1Cc2cc(C(=O)O)c(O)cc2SS1.CCC1Cc2cc(C)c(O)nc2SS1.CCCSSCCO[N+](=O)[O-].O=[N+]([O-])OC1CSSCC1O[N+](=O)[O-].[Ac].[Ac]. The maximum atomic E-state index is 10.9. The fraction of sp³-hybridized carbons (Fsp3) is 0.600. The Morgan fingerprint density at radius 1 is 0.842 bits per heavy atom. The Bertz CT molecular complexity index is 1560. The van der Waals surface area contributed by atoms with Gasteiger partial charge >= 0.3 is 5.97 Å². The molecule has 3 aliphatic heterocycles. The molecule has 314 valence electrons. The van der Waals surface area contributed by atoms with E-state index in [1.54, 1.807) is 66.1 Å². The number of phenols is 1. The molecule has 1 aromatic heterocycles. The van der Waals surface area contributed by atoms with Crippen LogP contribution < -0.4 is 0 Å². The second-order valence-electron chi connectivity index (χ2n) is 11.2. The maximum absolute atomic E-state index is 10.9. The number of nitrogens with zero attached hydrogens (tertiary/aromatic N) is 4. The molecule has 4 atom stereocenters. The minimum Gasteiger partial charge on any atom is -0.507 e. The van der Waals surface area contributed by atoms with E-state index in [0.717, 1.165) is 52.5 Å². The molecule has 0 spiro atoms. The molecule has 4 heterocycles. The van der Waals surface area contributed by atoms with Crippen LogP contribution in [0.15, 0.2) is 28.1 Å². The molecule has 4 unspecified atom stereocenters. The number of rotatable bonds is 14. The van der Waals surface area contributed by atoms with Crippen molar-refractivity contribution in [3.05, 3.63) is 70.8 Å². The van der Waals surface area contributed by atoms with Crippen molar-refractivity contribution in [2.24, 2.45) is 0 Å². The zero-order valence-corrected chi connectivity index (χ0v) is 47.3. The molecule has 17 nitrogen and oxygen atoms in total. The van der Waals surface area contributed by atoms with Crippen molar-refractivity contribution in [3.8, 4) is 11.6 Å². The van der Waals surface area contributed by atoms with Crippen molar-refractivity contribution in [1.82, 2.24) is 4.98 Å². The number of carboxylic acids is 1. The van der Waals surface area contributed by atoms with Gasteiger partial charge in [0.25, 0.3) is 15.3 Å². The van der Waals surface area contributed by atoms with Crippen LogP contribution in [0.1, 0.15) is 67.1 Å². The molecule has 3 aliphatic rings. The number of pyridine rings is 1. The van der Waals surface area contributed by atoms with Gasteiger partial charge in [-0.15, -0.1) is 30.3 Å². The van der Waals surface area contributed by atoms with Gasteiger partial charge in [0.1, 0.15) is 35.2 Å². The van der Waals surface area contributed by atoms with Crippen LogP contribution >= 0.6 is 86.4 Å². The van der Waals surface area contributed by atoms with E-state index in [0.29, 0.717) is 27.8 Å². The Labute approximate surface area is 433 Å². The largest absolute Gasteiger partial charge is 0.507 e. The van der Waals surface area contributed by atoms with E-state index >= 15 is 0 Å². The number of aromatic nitrogens is 1. The van der Waals surface area contributed by atoms with Crippen LogP contribution in [0.25, 0.3) is 0 Å². The van der Waals surface area contributed by atoms with Crippen molar-refractivity contribution in [2.45, 2.75) is 92.4 Å². The average molecular weight is 1380 g/mol. The molecule has 1 aromatic carbocycles. The maximum Gasteiger partial charge on any atom is 0.339 e. The molecule has 2 radical (unpaired) electrons. The van der Waals surface area contributed by atoms with Gasteiger partial charge in [-0.05, 0) is 79.1 Å². The number of hydrogen-bond donors (Lipinski definition) is 3. The molecule has 0 aliphatic carbocycles. The van der Waals surface area contributed by atoms with Gasteiger partial charge in [-0.3, -0.25) is 0 Å². The Morgan fingerprint density at radius 3 is 1.89 bits per heavy atom. The van der Waals surface area contributed by atoms with Crippen LogP contribution in [-0.2, 0) is 27.4 Å². The van der Waals surface area contributed by atoms with Crippen molar-refractivity contribution in [1.29, 1.82) is 0 Å². The van der Waals surface area contributed by atoms with Crippen molar-refractivity contribution in [2.75, 3.05) is 29.6 Å². The first kappa shape index (κ1) is 57.7. The molecule has 3 N–H and O–H groups in total. The Kier molecular flexibility index (Phi) is 32.8. The van der Waals surface area contributed by atoms with E-state index in [-0.39, 0.29) is 112 Å². The van der Waals surface area contributed by atoms with Gasteiger partial charge in [-0.2, -0.15) is 0 Å². The normalized spacial score (nSPS) is 18.8. The van der Waals surface area contributed by atoms with Gasteiger partial charge in [0, 0.05) is 132 Å². The van der Waals surface area contributed by atoms with Gasteiger partial charge < -0.3 is 29.8 Å². The average Bonchev–Trinajstić information content (AvgIpc) is 3.14. The Hall–Kier alpha value is 0.723. The zero-order chi connectivity index (χ0) is 40.9. The standard InChI is InChI=1S/C11H12O3S2.C10H13NOS2.C5H11NO3S2.C4H6N2O6S2.2Ac/c1-2-7-3-6-4-8(11(13)14)9(12)5-10(6)16-15-7;1-3-8-5-7-4-6(2)9(12)11-10(7)14-13-8;1-2-4-10-11-5-3-9-6(7)8;7-5(8)11-3-1-13-14-2-4(3)12-6(9)10;;/h4-5,7,12H,2-3H2,1H3,(H,13,14);4,8H,3,5H2,1-2H3,(H,11,12);2-5H2,1H3;3-4H,1-2H2;;. The molecular formula is C30H42Ac2N4O13S8. The molecular weight excluding hydrogens is 1330 g/mol. The molecule has 57 heavy (non-hydrogen) atoms. The van der Waals surface area contributed by atoms with Gasteiger partial charge in [0.15, 0.2) is 0 Å². The van der Waals surface area contributed by atoms with Crippen LogP contribution in [-0.4, -0.2) is 93.9 Å². The Balaban J connectivity index is 0.000000732. The van der Waals surface area contributed by atoms with Gasteiger partial charge in [0.2, 0.25) is 5.88 Å². The van der Waals surface area contributed by atoms with Crippen LogP contribution in [0.4, 0.5) is 0 Å². The van der Waals surface area contributed by atoms with E-state index in [4.69, 9.17) is 5.11 Å². The number of aromatic hydroxyl groups is 2. The molecule has 0 amide bonds. The molecule has 0 saturated carbocycles. The number of aryl methyl sites for hydroxylation is 1. The number of carboxylic acid groups (broad SMARTS) is 1. The number of benzene rings is 1. The predicted molar refractivity (Wildman–Crippen MR) is 225 cm³/mol. The summed E-state index contributed by atoms with van der Waals surface area (Å²) in [6.45, 7) is 8.52. The summed E-state index contributed by atoms with van der Waals surface area (Å²) >= 11 is 0. The van der Waals surface area contributed by atoms with Crippen LogP contribution in [0.5, 0.6) is 11.6 Å². The number of carbonyl (C=O) groups is 1. The van der Waals surface area contributed by atoms with E-state index in [1.807, 2.05) is 17.7 Å². The number of aromatic carboxylic acids is 1. The van der Waals surface area contributed by atoms with Gasteiger partial charge in [-0.25, -0.2) is 9.78 Å². The van der Waals surface area contributed by atoms with Crippen molar-refractivity contribution in [3.63, 3.8) is 0 Å². The fourth-order valence-electron chi connectivity index (χ4n) is 4.31. The quantitative estimate of drug-likeness (QED) is 0.0691. The summed E-state index contributed by atoms with van der Waals surface area (Å²) in [5.74, 6) is 1.31. The molecule has 1 fully saturated rings. The third kappa shape index (κ3) is 23.1. The monoisotopic (exact) mass is 1380 g/mol. The summed E-state index contributed by atoms with van der Waals surface area (Å²) in [6, 6.07) is 5.22. The molecule has 0 bridgehead atoms. The van der Waals surface area contributed by atoms with E-state index < -0.39 is 33.4 Å². The fourth-order valence-corrected chi connectivity index (χ4v) is 14.2. The second kappa shape index (κ2) is 32.4. The van der Waals surface area contributed by atoms with Crippen molar-refractivity contribution >= 4 is 92.3 Å². The topological polar surface area (TPSA) is 248 Å². The second-order valence-corrected chi connectivity index (χ2v) is 21.5. The first-order chi connectivity index (χ1) is 26.2. The van der Waals surface area contributed by atoms with Crippen LogP contribution in [0.2, 0.25) is 0 Å². The molecule has 1 saturated heterocycles. The van der Waals surface area contributed by atoms with E-state index in [9.17, 15) is 45.4 Å². The summed E-state index contributed by atoms with van der Waals surface area (Å²) in [5.41, 5.74) is 3.20. The van der Waals surface area contributed by atoms with E-state index in [2.05, 4.69) is 46.3 Å². The number of fused-ring (bicyclic) bond motifs is 2. The van der Waals surface area contributed by atoms with E-state index in [1.165, 1.54) is 33.6 Å². The third-order valence-corrected chi connectivity index (χ3v) is 18.1. The third-order valence-electron chi connectivity index (χ3n) is 7.12. The summed E-state index contributed by atoms with van der Waals surface area (Å²) < 4.78 is 0. The van der Waals surface area contributed by atoms with Crippen LogP contribution in [0.3, 0.4) is 0 Å². The summed E-state index contributed by atoms with van der Waals surface area (Å²) in [5, 5.41) is 57.2. The number of hydrogen-bond acceptors (Lipinski definition) is 21. The van der Waals surface area contributed by atoms with Crippen LogP contribution in [0, 0.1) is 125 Å². The summed E-state index contributed by atoms with van der Waals surface area (Å²) in [4.78, 5) is 58.4. The predicted octanol–water partition coefficient (Wildman–Crippen LogP) is 8.86. The minimum atomic E-state index is -1.07. The molecule has 27 heteroatoms. The molecule has 2 aromatic rings. The summed E-state index contributed by atoms with van der Waals surface area (Å²) in [6.07, 6.45) is 3.61.